The molecule has 0 aliphatic heterocycles. The molecule has 0 aliphatic carbocycles. The zero-order valence-corrected chi connectivity index (χ0v) is 20.0. The molecule has 3 aromatic carbocycles. The van der Waals surface area contributed by atoms with Gasteiger partial charge in [-0.3, -0.25) is 4.79 Å². The van der Waals surface area contributed by atoms with Gasteiger partial charge < -0.3 is 20.1 Å². The molecule has 1 aromatic heterocycles. The highest BCUT2D eigenvalue weighted by atomic mass is 32.1. The third kappa shape index (κ3) is 5.94. The van der Waals surface area contributed by atoms with Gasteiger partial charge in [-0.25, -0.2) is 4.98 Å². The van der Waals surface area contributed by atoms with Crippen molar-refractivity contribution in [2.24, 2.45) is 0 Å². The van der Waals surface area contributed by atoms with Crippen molar-refractivity contribution in [3.05, 3.63) is 83.7 Å². The fourth-order valence-corrected chi connectivity index (χ4v) is 4.06. The van der Waals surface area contributed by atoms with Crippen molar-refractivity contribution in [3.8, 4) is 22.8 Å². The minimum absolute atomic E-state index is 0.172. The first-order chi connectivity index (χ1) is 16.7. The summed E-state index contributed by atoms with van der Waals surface area (Å²) in [5, 5.41) is 9.01. The second kappa shape index (κ2) is 11.3. The number of hydrogen-bond acceptors (Lipinski definition) is 6. The van der Waals surface area contributed by atoms with Gasteiger partial charge in [0.15, 0.2) is 5.13 Å². The molecule has 1 amide bonds. The van der Waals surface area contributed by atoms with Crippen molar-refractivity contribution in [3.63, 3.8) is 0 Å². The summed E-state index contributed by atoms with van der Waals surface area (Å²) in [6.07, 6.45) is 2.09. The van der Waals surface area contributed by atoms with Crippen LogP contribution in [0.2, 0.25) is 0 Å². The summed E-state index contributed by atoms with van der Waals surface area (Å²) in [4.78, 5) is 17.4. The highest BCUT2D eigenvalue weighted by molar-refractivity contribution is 7.14. The van der Waals surface area contributed by atoms with Crippen LogP contribution in [0.3, 0.4) is 0 Å². The Morgan fingerprint density at radius 3 is 2.65 bits per heavy atom. The number of rotatable bonds is 10. The fourth-order valence-electron chi connectivity index (χ4n) is 3.32. The first-order valence-electron chi connectivity index (χ1n) is 11.2. The number of anilines is 3. The van der Waals surface area contributed by atoms with Crippen LogP contribution in [-0.2, 0) is 0 Å². The fraction of sp³-hybridized carbons (Fsp3) is 0.185. The Kier molecular flexibility index (Phi) is 7.78. The molecule has 7 heteroatoms. The molecule has 0 bridgehead atoms. The molecule has 1 heterocycles. The lowest BCUT2D eigenvalue weighted by Crippen LogP contribution is -2.11. The summed E-state index contributed by atoms with van der Waals surface area (Å²) >= 11 is 1.51. The first kappa shape index (κ1) is 23.3. The quantitative estimate of drug-likeness (QED) is 0.243. The monoisotopic (exact) mass is 473 g/mol. The van der Waals surface area contributed by atoms with Crippen molar-refractivity contribution in [1.29, 1.82) is 0 Å². The van der Waals surface area contributed by atoms with E-state index in [4.69, 9.17) is 14.5 Å². The van der Waals surface area contributed by atoms with Crippen LogP contribution in [0.5, 0.6) is 11.5 Å². The molecule has 4 aromatic rings. The number of nitrogens with one attached hydrogen (secondary N) is 2. The minimum atomic E-state index is -0.172. The van der Waals surface area contributed by atoms with Gasteiger partial charge in [-0.15, -0.1) is 11.3 Å². The number of ether oxygens (including phenoxy) is 2. The molecular weight excluding hydrogens is 446 g/mol. The average molecular weight is 474 g/mol. The number of unbranched alkanes of at least 4 members (excludes halogenated alkanes) is 1. The molecule has 0 fully saturated rings. The Morgan fingerprint density at radius 1 is 1.03 bits per heavy atom. The number of benzene rings is 3. The Bertz CT molecular complexity index is 1240. The maximum Gasteiger partial charge on any atom is 0.255 e. The van der Waals surface area contributed by atoms with Gasteiger partial charge in [-0.1, -0.05) is 37.6 Å². The zero-order chi connectivity index (χ0) is 23.8. The summed E-state index contributed by atoms with van der Waals surface area (Å²) in [7, 11) is 1.64. The lowest BCUT2D eigenvalue weighted by Gasteiger charge is -2.09. The SMILES string of the molecule is CCCCOc1ccc(C(=O)Nc2cccc(-c3csc(Nc4ccccc4OC)n3)c2)cc1. The standard InChI is InChI=1S/C27H27N3O3S/c1-3-4-16-33-22-14-12-19(13-15-22)26(31)28-21-9-7-8-20(17-21)24-18-34-27(30-24)29-23-10-5-6-11-25(23)32-2/h5-15,17-18H,3-4,16H2,1-2H3,(H,28,31)(H,29,30). The predicted molar refractivity (Wildman–Crippen MR) is 139 cm³/mol. The van der Waals surface area contributed by atoms with Gasteiger partial charge in [-0.2, -0.15) is 0 Å². The number of methoxy groups -OCH3 is 1. The second-order valence-electron chi connectivity index (χ2n) is 7.62. The van der Waals surface area contributed by atoms with Crippen LogP contribution in [0, 0.1) is 0 Å². The first-order valence-corrected chi connectivity index (χ1v) is 12.0. The van der Waals surface area contributed by atoms with Crippen LogP contribution in [0.4, 0.5) is 16.5 Å². The average Bonchev–Trinajstić information content (AvgIpc) is 3.34. The van der Waals surface area contributed by atoms with Gasteiger partial charge in [0, 0.05) is 22.2 Å². The van der Waals surface area contributed by atoms with Crippen LogP contribution in [0.15, 0.2) is 78.2 Å². The smallest absolute Gasteiger partial charge is 0.255 e. The van der Waals surface area contributed by atoms with Crippen molar-refractivity contribution in [2.45, 2.75) is 19.8 Å². The van der Waals surface area contributed by atoms with E-state index in [1.807, 2.05) is 66.0 Å². The van der Waals surface area contributed by atoms with E-state index in [2.05, 4.69) is 17.6 Å². The number of carbonyl (C=O) groups excluding carboxylic acids is 1. The van der Waals surface area contributed by atoms with Gasteiger partial charge in [0.1, 0.15) is 11.5 Å². The largest absolute Gasteiger partial charge is 0.495 e. The van der Waals surface area contributed by atoms with Crippen LogP contribution < -0.4 is 20.1 Å². The topological polar surface area (TPSA) is 72.5 Å². The Balaban J connectivity index is 1.42. The van der Waals surface area contributed by atoms with E-state index >= 15 is 0 Å². The van der Waals surface area contributed by atoms with Crippen LogP contribution in [-0.4, -0.2) is 24.6 Å². The van der Waals surface area contributed by atoms with Crippen molar-refractivity contribution in [1.82, 2.24) is 4.98 Å². The molecule has 174 valence electrons. The Labute approximate surface area is 203 Å². The molecule has 6 nitrogen and oxygen atoms in total. The lowest BCUT2D eigenvalue weighted by molar-refractivity contribution is 0.102. The van der Waals surface area contributed by atoms with E-state index in [1.54, 1.807) is 19.2 Å². The maximum absolute atomic E-state index is 12.7. The van der Waals surface area contributed by atoms with E-state index < -0.39 is 0 Å². The Morgan fingerprint density at radius 2 is 1.85 bits per heavy atom. The molecule has 0 spiro atoms. The van der Waals surface area contributed by atoms with Gasteiger partial charge in [-0.05, 0) is 55.0 Å². The maximum atomic E-state index is 12.7. The van der Waals surface area contributed by atoms with E-state index in [0.29, 0.717) is 17.9 Å². The molecule has 0 aliphatic rings. The summed E-state index contributed by atoms with van der Waals surface area (Å²) < 4.78 is 11.1. The summed E-state index contributed by atoms with van der Waals surface area (Å²) in [6, 6.07) is 22.6. The number of aromatic nitrogens is 1. The summed E-state index contributed by atoms with van der Waals surface area (Å²) in [5.74, 6) is 1.35. The predicted octanol–water partition coefficient (Wildman–Crippen LogP) is 6.99. The minimum Gasteiger partial charge on any atom is -0.495 e. The Hall–Kier alpha value is -3.84. The number of para-hydroxylation sites is 2. The van der Waals surface area contributed by atoms with Gasteiger partial charge in [0.2, 0.25) is 0 Å². The van der Waals surface area contributed by atoms with Crippen molar-refractivity contribution in [2.75, 3.05) is 24.4 Å². The summed E-state index contributed by atoms with van der Waals surface area (Å²) in [5.41, 5.74) is 3.88. The van der Waals surface area contributed by atoms with E-state index in [1.165, 1.54) is 11.3 Å². The van der Waals surface area contributed by atoms with E-state index in [9.17, 15) is 4.79 Å². The van der Waals surface area contributed by atoms with Crippen LogP contribution in [0.1, 0.15) is 30.1 Å². The molecule has 0 atom stereocenters. The third-order valence-electron chi connectivity index (χ3n) is 5.15. The molecule has 0 unspecified atom stereocenters. The molecule has 0 saturated carbocycles. The van der Waals surface area contributed by atoms with Gasteiger partial charge in [0.25, 0.3) is 5.91 Å². The second-order valence-corrected chi connectivity index (χ2v) is 8.48. The van der Waals surface area contributed by atoms with Crippen LogP contribution in [0.25, 0.3) is 11.3 Å². The number of thiazole rings is 1. The van der Waals surface area contributed by atoms with E-state index in [-0.39, 0.29) is 5.91 Å². The highest BCUT2D eigenvalue weighted by Crippen LogP contribution is 2.32. The molecule has 2 N–H and O–H groups in total. The van der Waals surface area contributed by atoms with Crippen molar-refractivity contribution >= 4 is 33.8 Å². The normalized spacial score (nSPS) is 10.5. The summed E-state index contributed by atoms with van der Waals surface area (Å²) in [6.45, 7) is 2.81. The third-order valence-corrected chi connectivity index (χ3v) is 5.91. The highest BCUT2D eigenvalue weighted by Gasteiger charge is 2.10. The van der Waals surface area contributed by atoms with Crippen molar-refractivity contribution < 1.29 is 14.3 Å². The molecule has 4 rings (SSSR count). The number of hydrogen-bond donors (Lipinski definition) is 2. The number of amides is 1. The number of carbonyl (C=O) groups is 1. The van der Waals surface area contributed by atoms with Crippen LogP contribution >= 0.6 is 11.3 Å². The van der Waals surface area contributed by atoms with Gasteiger partial charge in [0.05, 0.1) is 25.1 Å². The zero-order valence-electron chi connectivity index (χ0n) is 19.2. The van der Waals surface area contributed by atoms with E-state index in [0.717, 1.165) is 46.4 Å². The molecule has 0 radical (unpaired) electrons. The molecule has 0 saturated heterocycles. The molecule has 34 heavy (non-hydrogen) atoms. The lowest BCUT2D eigenvalue weighted by atomic mass is 10.1. The molecular formula is C27H27N3O3S. The number of nitrogens with zero attached hydrogens (tertiary/aromatic N) is 1. The van der Waals surface area contributed by atoms with Gasteiger partial charge >= 0.3 is 0 Å².